The van der Waals surface area contributed by atoms with Crippen molar-refractivity contribution in [1.29, 1.82) is 0 Å². The van der Waals surface area contributed by atoms with Crippen LogP contribution in [0.4, 0.5) is 237 Å². The van der Waals surface area contributed by atoms with Gasteiger partial charge >= 0.3 is 178 Å². The SMILES string of the molecule is COC(=O)C(F)(F)OC(F)(F)OC(F)(F)OC(F)(F)OC(F)(F)OC(F)(F)OC(F)(F)OC(F)(F)OC(F)(F)C(F)(F)OC(F)(F)C(F)(F)OC(F)(F)C(F)(F)OC(F)(F)C(F)(F)OC(F)(F)C(F)(F)OC(F)(F)C(F)(F)OC(F)(F)C(F)(F)OC(F)(F)C(F)(F)OC(F)(F)C(F)(F)OC(F)(F)C(=O)OC. The highest BCUT2D eigenvalue weighted by Crippen LogP contribution is 2.58. The van der Waals surface area contributed by atoms with Gasteiger partial charge in [-0.25, -0.2) is 90.1 Å². The number of rotatable bonds is 45. The summed E-state index contributed by atoms with van der Waals surface area (Å²) in [4.78, 5) is 21.1. The lowest BCUT2D eigenvalue weighted by atomic mass is 10.4. The van der Waals surface area contributed by atoms with Crippen molar-refractivity contribution in [2.75, 3.05) is 14.2 Å². The maximum absolute atomic E-state index is 13.9. The first kappa shape index (κ1) is 100. The molecule has 0 fully saturated rings. The second kappa shape index (κ2) is 29.3. The molecule has 0 unspecified atom stereocenters. The van der Waals surface area contributed by atoms with E-state index in [-0.39, 0.29) is 14.2 Å². The van der Waals surface area contributed by atoms with E-state index in [0.29, 0.717) is 0 Å². The van der Waals surface area contributed by atoms with E-state index < -0.39 is 178 Å². The van der Waals surface area contributed by atoms with Crippen molar-refractivity contribution in [3.05, 3.63) is 0 Å². The second-order valence-electron chi connectivity index (χ2n) is 16.3. The molecule has 0 rings (SSSR count). The number of methoxy groups -OCH3 is 2. The van der Waals surface area contributed by atoms with Crippen molar-refractivity contribution in [2.45, 2.75) is 166 Å². The Morgan fingerprint density at radius 3 is 0.368 bits per heavy atom. The van der Waals surface area contributed by atoms with Crippen LogP contribution >= 0.6 is 0 Å². The number of halogens is 54. The Labute approximate surface area is 530 Å². The Kier molecular flexibility index (Phi) is 27.8. The van der Waals surface area contributed by atoms with Crippen LogP contribution in [0.1, 0.15) is 0 Å². The molecule has 0 N–H and O–H groups in total. The predicted octanol–water partition coefficient (Wildman–Crippen LogP) is 15.3. The number of hydrogen-bond donors (Lipinski definition) is 0. The fraction of sp³-hybridized carbons (Fsp3) is 0.935. The van der Waals surface area contributed by atoms with Gasteiger partial charge in [0.2, 0.25) is 0 Å². The minimum absolute atomic E-state index is 0.102. The minimum atomic E-state index is -8.97. The van der Waals surface area contributed by atoms with Gasteiger partial charge in [-0.3, -0.25) is 0 Å². The lowest BCUT2D eigenvalue weighted by molar-refractivity contribution is -0.648. The lowest BCUT2D eigenvalue weighted by Gasteiger charge is -2.37. The molecule has 0 amide bonds. The summed E-state index contributed by atoms with van der Waals surface area (Å²) < 4.78 is 762. The average molecular weight is 1740 g/mol. The first-order valence-electron chi connectivity index (χ1n) is 21.5. The summed E-state index contributed by atoms with van der Waals surface area (Å²) in [7, 11) is -0.362. The molecule has 0 aliphatic carbocycles. The monoisotopic (exact) mass is 1740 g/mol. The van der Waals surface area contributed by atoms with E-state index in [1.54, 1.807) is 14.2 Å². The quantitative estimate of drug-likeness (QED) is 0.0315. The molecule has 0 radical (unpaired) electrons. The molecule has 0 aromatic rings. The van der Waals surface area contributed by atoms with E-state index in [1.165, 1.54) is 18.9 Å². The van der Waals surface area contributed by atoms with Gasteiger partial charge in [-0.15, -0.1) is 61.5 Å². The number of hydrogen-bond acceptors (Lipinski definition) is 21. The standard InChI is InChI=1S/C31H6F54O21/c1-88-3(86)5(32,33)90-7(36,37)8(38,39)92-9(40,41)10(42,43)93-11(44,45)12(46,47)94-13(48,49)14(50,51)95-15(52,53)16(54,55)96-17(56,57)18(58,59)97-19(60,61)20(62,63)98-21(64,65)22(66,67)99-23(68,69)24(70,71)100-26(74,75)102-28(78,79)104-30(82,83)106-31(84,85)105-29(80,81)103-27(76,77)101-25(72,73)91-6(34,35)4(87)89-2/h1-2H3. The van der Waals surface area contributed by atoms with E-state index >= 15 is 0 Å². The summed E-state index contributed by atoms with van der Waals surface area (Å²) in [5.41, 5.74) is 0. The van der Waals surface area contributed by atoms with Crippen LogP contribution in [0, 0.1) is 0 Å². The predicted molar refractivity (Wildman–Crippen MR) is 176 cm³/mol. The zero-order valence-corrected chi connectivity index (χ0v) is 45.5. The zero-order chi connectivity index (χ0) is 86.1. The molecule has 106 heavy (non-hydrogen) atoms. The summed E-state index contributed by atoms with van der Waals surface area (Å²) in [6.45, 7) is 0. The summed E-state index contributed by atoms with van der Waals surface area (Å²) in [6, 6.07) is 0. The van der Waals surface area contributed by atoms with Crippen molar-refractivity contribution >= 4 is 11.9 Å². The first-order chi connectivity index (χ1) is 45.2. The van der Waals surface area contributed by atoms with Gasteiger partial charge in [0.05, 0.1) is 14.2 Å². The third-order valence-corrected chi connectivity index (χ3v) is 8.12. The van der Waals surface area contributed by atoms with Gasteiger partial charge in [-0.2, -0.15) is 176 Å². The van der Waals surface area contributed by atoms with Crippen LogP contribution < -0.4 is 0 Å². The maximum Gasteiger partial charge on any atom is 0.498 e. The summed E-state index contributed by atoms with van der Waals surface area (Å²) in [5, 5.41) is 0. The topological polar surface area (TPSA) is 210 Å². The molecule has 75 heteroatoms. The van der Waals surface area contributed by atoms with Gasteiger partial charge in [0.25, 0.3) is 0 Å². The molecule has 0 bridgehead atoms. The average Bonchev–Trinajstić information content (AvgIpc) is 0.748. The van der Waals surface area contributed by atoms with Gasteiger partial charge < -0.3 is 9.47 Å². The zero-order valence-electron chi connectivity index (χ0n) is 45.5. The van der Waals surface area contributed by atoms with Crippen molar-refractivity contribution in [2.24, 2.45) is 0 Å². The Morgan fingerprint density at radius 2 is 0.236 bits per heavy atom. The highest BCUT2D eigenvalue weighted by atomic mass is 19.4. The minimum Gasteiger partial charge on any atom is -0.463 e. The van der Waals surface area contributed by atoms with Crippen molar-refractivity contribution in [3.8, 4) is 0 Å². The van der Waals surface area contributed by atoms with Gasteiger partial charge in [-0.1, -0.05) is 0 Å². The van der Waals surface area contributed by atoms with Crippen LogP contribution in [0.15, 0.2) is 0 Å². The van der Waals surface area contributed by atoms with Crippen LogP contribution in [0.3, 0.4) is 0 Å². The van der Waals surface area contributed by atoms with Gasteiger partial charge in [0.1, 0.15) is 0 Å². The largest absolute Gasteiger partial charge is 0.498 e. The second-order valence-corrected chi connectivity index (χ2v) is 16.3. The van der Waals surface area contributed by atoms with Crippen molar-refractivity contribution in [1.82, 2.24) is 0 Å². The van der Waals surface area contributed by atoms with E-state index in [0.717, 1.165) is 42.6 Å². The fourth-order valence-electron chi connectivity index (χ4n) is 4.11. The normalized spacial score (nSPS) is 16.3. The van der Waals surface area contributed by atoms with Crippen molar-refractivity contribution < 1.29 is 337 Å². The first-order valence-corrected chi connectivity index (χ1v) is 21.5. The molecule has 0 aromatic carbocycles. The lowest BCUT2D eigenvalue weighted by Crippen LogP contribution is -2.63. The molecule has 0 atom stereocenters. The van der Waals surface area contributed by atoms with Crippen molar-refractivity contribution in [3.63, 3.8) is 0 Å². The number of alkyl halides is 54. The Balaban J connectivity index is 6.58. The number of carbonyl (C=O) groups excluding carboxylic acids is 2. The van der Waals surface area contributed by atoms with Crippen LogP contribution in [-0.4, -0.2) is 192 Å². The van der Waals surface area contributed by atoms with Crippen LogP contribution in [0.25, 0.3) is 0 Å². The Bertz CT molecular complexity index is 2970. The molecular formula is C31H6F54O21. The molecule has 634 valence electrons. The number of carbonyl (C=O) groups is 2. The van der Waals surface area contributed by atoms with Gasteiger partial charge in [0, 0.05) is 0 Å². The Hall–Kier alpha value is -5.52. The summed E-state index contributed by atoms with van der Waals surface area (Å²) in [6.07, 6.45) is -223. The summed E-state index contributed by atoms with van der Waals surface area (Å²) in [5.74, 6) is -6.85. The third-order valence-electron chi connectivity index (χ3n) is 8.12. The molecule has 21 nitrogen and oxygen atoms in total. The summed E-state index contributed by atoms with van der Waals surface area (Å²) >= 11 is 0. The molecule has 0 saturated heterocycles. The van der Waals surface area contributed by atoms with Gasteiger partial charge in [0.15, 0.2) is 0 Å². The van der Waals surface area contributed by atoms with Crippen LogP contribution in [0.2, 0.25) is 0 Å². The molecule has 0 saturated carbocycles. The fourth-order valence-corrected chi connectivity index (χ4v) is 4.11. The molecule has 0 aliphatic rings. The number of ether oxygens (including phenoxy) is 19. The maximum atomic E-state index is 13.9. The highest BCUT2D eigenvalue weighted by Gasteiger charge is 2.84. The smallest absolute Gasteiger partial charge is 0.463 e. The highest BCUT2D eigenvalue weighted by molar-refractivity contribution is 5.76. The Morgan fingerprint density at radius 1 is 0.142 bits per heavy atom. The number of esters is 2. The van der Waals surface area contributed by atoms with Gasteiger partial charge in [-0.05, 0) is 0 Å². The van der Waals surface area contributed by atoms with E-state index in [9.17, 15) is 247 Å². The van der Waals surface area contributed by atoms with E-state index in [1.807, 2.05) is 4.74 Å². The molecular weight excluding hydrogens is 1730 g/mol. The molecule has 0 aromatic heterocycles. The molecule has 0 heterocycles. The van der Waals surface area contributed by atoms with E-state index in [4.69, 9.17) is 0 Å². The third kappa shape index (κ3) is 25.0. The van der Waals surface area contributed by atoms with Crippen LogP contribution in [-0.2, 0) is 99.6 Å². The molecule has 0 aliphatic heterocycles. The molecule has 0 spiro atoms. The van der Waals surface area contributed by atoms with Crippen LogP contribution in [0.5, 0.6) is 0 Å². The van der Waals surface area contributed by atoms with E-state index in [2.05, 4.69) is 9.47 Å².